The number of hydrogen-bond donors (Lipinski definition) is 1. The fourth-order valence-electron chi connectivity index (χ4n) is 1.39. The Labute approximate surface area is 115 Å². The summed E-state index contributed by atoms with van der Waals surface area (Å²) in [6, 6.07) is 7.12. The van der Waals surface area contributed by atoms with Gasteiger partial charge < -0.3 is 14.6 Å². The zero-order chi connectivity index (χ0) is 13.7. The molecule has 6 nitrogen and oxygen atoms in total. The highest BCUT2D eigenvalue weighted by Gasteiger charge is 2.10. The maximum Gasteiger partial charge on any atom is 0.329 e. The molecule has 7 heteroatoms. The van der Waals surface area contributed by atoms with Gasteiger partial charge in [-0.3, -0.25) is 0 Å². The van der Waals surface area contributed by atoms with Crippen LogP contribution in [0.2, 0.25) is 5.28 Å². The Morgan fingerprint density at radius 2 is 1.89 bits per heavy atom. The molecule has 0 aliphatic heterocycles. The Morgan fingerprint density at radius 3 is 2.63 bits per heavy atom. The van der Waals surface area contributed by atoms with E-state index in [-0.39, 0.29) is 23.9 Å². The fourth-order valence-corrected chi connectivity index (χ4v) is 1.53. The topological polar surface area (TPSA) is 77.4 Å². The summed E-state index contributed by atoms with van der Waals surface area (Å²) < 4.78 is 10.6. The zero-order valence-electron chi connectivity index (χ0n) is 10.2. The monoisotopic (exact) mass is 281 g/mol. The predicted octanol–water partition coefficient (Wildman–Crippen LogP) is 2.21. The van der Waals surface area contributed by atoms with Crippen LogP contribution >= 0.6 is 11.6 Å². The van der Waals surface area contributed by atoms with Crippen LogP contribution in [0.4, 0.5) is 0 Å². The van der Waals surface area contributed by atoms with Crippen LogP contribution in [0.25, 0.3) is 0 Å². The normalized spacial score (nSPS) is 10.3. The van der Waals surface area contributed by atoms with Gasteiger partial charge in [0.1, 0.15) is 5.75 Å². The van der Waals surface area contributed by atoms with Crippen LogP contribution in [-0.2, 0) is 6.61 Å². The number of aromatic nitrogens is 3. The van der Waals surface area contributed by atoms with E-state index < -0.39 is 0 Å². The van der Waals surface area contributed by atoms with E-state index in [4.69, 9.17) is 21.1 Å². The molecule has 0 spiro atoms. The molecule has 2 rings (SSSR count). The number of benzene rings is 1. The number of ether oxygens (including phenoxy) is 2. The molecule has 0 radical (unpaired) electrons. The van der Waals surface area contributed by atoms with Gasteiger partial charge in [0.2, 0.25) is 5.28 Å². The highest BCUT2D eigenvalue weighted by molar-refractivity contribution is 6.28. The first-order chi connectivity index (χ1) is 9.22. The molecule has 1 heterocycles. The Morgan fingerprint density at radius 1 is 1.16 bits per heavy atom. The van der Waals surface area contributed by atoms with Crippen molar-refractivity contribution in [3.05, 3.63) is 35.1 Å². The fraction of sp³-hybridized carbons (Fsp3) is 0.250. The summed E-state index contributed by atoms with van der Waals surface area (Å²) in [6.45, 7) is 2.07. The number of nitrogens with zero attached hydrogens (tertiary/aromatic N) is 3. The van der Waals surface area contributed by atoms with Crippen molar-refractivity contribution in [1.82, 2.24) is 15.0 Å². The van der Waals surface area contributed by atoms with Crippen LogP contribution in [-0.4, -0.2) is 26.7 Å². The second-order valence-corrected chi connectivity index (χ2v) is 3.81. The number of hydrogen-bond acceptors (Lipinski definition) is 6. The molecule has 0 unspecified atom stereocenters. The van der Waals surface area contributed by atoms with Crippen molar-refractivity contribution in [2.45, 2.75) is 13.5 Å². The number of rotatable bonds is 5. The summed E-state index contributed by atoms with van der Waals surface area (Å²) in [6.07, 6.45) is 0. The van der Waals surface area contributed by atoms with Gasteiger partial charge in [0.05, 0.1) is 13.2 Å². The maximum absolute atomic E-state index is 9.21. The standard InChI is InChI=1S/C12H12ClN3O3/c1-2-18-11-14-10(13)15-12(16-11)19-9-6-4-3-5-8(9)7-17/h3-6,17H,2,7H2,1H3. The van der Waals surface area contributed by atoms with Gasteiger partial charge >= 0.3 is 12.0 Å². The van der Waals surface area contributed by atoms with E-state index in [1.54, 1.807) is 31.2 Å². The molecule has 1 aromatic carbocycles. The predicted molar refractivity (Wildman–Crippen MR) is 68.4 cm³/mol. The van der Waals surface area contributed by atoms with Gasteiger partial charge in [-0.25, -0.2) is 0 Å². The zero-order valence-corrected chi connectivity index (χ0v) is 11.0. The number of aliphatic hydroxyl groups is 1. The summed E-state index contributed by atoms with van der Waals surface area (Å²) in [4.78, 5) is 11.6. The minimum Gasteiger partial charge on any atom is -0.464 e. The molecule has 2 aromatic rings. The van der Waals surface area contributed by atoms with Crippen molar-refractivity contribution in [1.29, 1.82) is 0 Å². The largest absolute Gasteiger partial charge is 0.464 e. The van der Waals surface area contributed by atoms with E-state index in [0.29, 0.717) is 17.9 Å². The van der Waals surface area contributed by atoms with E-state index in [0.717, 1.165) is 0 Å². The molecule has 1 aromatic heterocycles. The number of aliphatic hydroxyl groups excluding tert-OH is 1. The number of para-hydroxylation sites is 1. The Hall–Kier alpha value is -1.92. The van der Waals surface area contributed by atoms with Gasteiger partial charge in [-0.05, 0) is 24.6 Å². The van der Waals surface area contributed by atoms with Crippen molar-refractivity contribution < 1.29 is 14.6 Å². The Balaban J connectivity index is 2.27. The number of halogens is 1. The molecule has 0 fully saturated rings. The molecule has 0 saturated carbocycles. The molecule has 0 bridgehead atoms. The highest BCUT2D eigenvalue weighted by atomic mass is 35.5. The maximum atomic E-state index is 9.21. The van der Waals surface area contributed by atoms with Gasteiger partial charge in [0.15, 0.2) is 0 Å². The van der Waals surface area contributed by atoms with Gasteiger partial charge in [-0.15, -0.1) is 4.98 Å². The molecule has 19 heavy (non-hydrogen) atoms. The summed E-state index contributed by atoms with van der Waals surface area (Å²) >= 11 is 5.75. The lowest BCUT2D eigenvalue weighted by molar-refractivity contribution is 0.274. The smallest absolute Gasteiger partial charge is 0.329 e. The van der Waals surface area contributed by atoms with Crippen molar-refractivity contribution >= 4 is 11.6 Å². The third kappa shape index (κ3) is 3.52. The third-order valence-electron chi connectivity index (χ3n) is 2.18. The average Bonchev–Trinajstić information content (AvgIpc) is 2.39. The van der Waals surface area contributed by atoms with Crippen molar-refractivity contribution in [2.24, 2.45) is 0 Å². The van der Waals surface area contributed by atoms with E-state index in [1.807, 2.05) is 0 Å². The summed E-state index contributed by atoms with van der Waals surface area (Å²) in [5, 5.41) is 9.19. The van der Waals surface area contributed by atoms with Crippen LogP contribution in [0, 0.1) is 0 Å². The van der Waals surface area contributed by atoms with E-state index in [1.165, 1.54) is 0 Å². The lowest BCUT2D eigenvalue weighted by Gasteiger charge is -2.08. The molecule has 0 aliphatic rings. The van der Waals surface area contributed by atoms with Gasteiger partial charge in [0, 0.05) is 5.56 Å². The van der Waals surface area contributed by atoms with Crippen LogP contribution in [0.5, 0.6) is 17.8 Å². The first-order valence-electron chi connectivity index (χ1n) is 5.64. The van der Waals surface area contributed by atoms with Crippen LogP contribution in [0.15, 0.2) is 24.3 Å². The van der Waals surface area contributed by atoms with Gasteiger partial charge in [-0.2, -0.15) is 9.97 Å². The second-order valence-electron chi connectivity index (χ2n) is 3.47. The van der Waals surface area contributed by atoms with E-state index in [2.05, 4.69) is 15.0 Å². The Bertz CT molecular complexity index is 566. The van der Waals surface area contributed by atoms with Crippen LogP contribution in [0.1, 0.15) is 12.5 Å². The summed E-state index contributed by atoms with van der Waals surface area (Å²) in [7, 11) is 0. The second kappa shape index (κ2) is 6.31. The minimum atomic E-state index is -0.146. The summed E-state index contributed by atoms with van der Waals surface area (Å²) in [5.74, 6) is 0.453. The first-order valence-corrected chi connectivity index (χ1v) is 6.01. The van der Waals surface area contributed by atoms with E-state index in [9.17, 15) is 5.11 Å². The van der Waals surface area contributed by atoms with Crippen molar-refractivity contribution in [3.63, 3.8) is 0 Å². The lowest BCUT2D eigenvalue weighted by atomic mass is 10.2. The molecule has 0 aliphatic carbocycles. The van der Waals surface area contributed by atoms with Crippen LogP contribution in [0.3, 0.4) is 0 Å². The third-order valence-corrected chi connectivity index (χ3v) is 2.35. The highest BCUT2D eigenvalue weighted by Crippen LogP contribution is 2.24. The molecular weight excluding hydrogens is 270 g/mol. The molecule has 0 saturated heterocycles. The van der Waals surface area contributed by atoms with Crippen molar-refractivity contribution in [2.75, 3.05) is 6.61 Å². The van der Waals surface area contributed by atoms with E-state index >= 15 is 0 Å². The molecule has 0 atom stereocenters. The van der Waals surface area contributed by atoms with Gasteiger partial charge in [0.25, 0.3) is 0 Å². The first kappa shape index (κ1) is 13.5. The molecule has 100 valence electrons. The van der Waals surface area contributed by atoms with Gasteiger partial charge in [-0.1, -0.05) is 18.2 Å². The molecule has 0 amide bonds. The van der Waals surface area contributed by atoms with Crippen molar-refractivity contribution in [3.8, 4) is 17.8 Å². The quantitative estimate of drug-likeness (QED) is 0.905. The average molecular weight is 282 g/mol. The Kier molecular flexibility index (Phi) is 4.48. The molecular formula is C12H12ClN3O3. The lowest BCUT2D eigenvalue weighted by Crippen LogP contribution is -2.02. The van der Waals surface area contributed by atoms with Crippen LogP contribution < -0.4 is 9.47 Å². The molecule has 1 N–H and O–H groups in total. The summed E-state index contributed by atoms with van der Waals surface area (Å²) in [5.41, 5.74) is 0.622. The minimum absolute atomic E-state index is 0.0179. The SMILES string of the molecule is CCOc1nc(Cl)nc(Oc2ccccc2CO)n1.